The number of Topliss-reactive ketones (excluding diaryl/α,β-unsaturated/α-hetero) is 1. The van der Waals surface area contributed by atoms with Crippen molar-refractivity contribution in [3.05, 3.63) is 0 Å². The normalized spacial score (nSPS) is 42.1. The van der Waals surface area contributed by atoms with Crippen LogP contribution in [0.5, 0.6) is 0 Å². The largest absolute Gasteiger partial charge is 0.395 e. The zero-order valence-electron chi connectivity index (χ0n) is 18.0. The van der Waals surface area contributed by atoms with Crippen LogP contribution in [0.3, 0.4) is 0 Å². The number of carbonyl (C=O) groups is 1. The Balaban J connectivity index is 1.72. The summed E-state index contributed by atoms with van der Waals surface area (Å²) in [5, 5.41) is 14.2. The summed E-state index contributed by atoms with van der Waals surface area (Å²) in [6.45, 7) is 7.69. The maximum atomic E-state index is 13.8. The van der Waals surface area contributed by atoms with Crippen molar-refractivity contribution in [1.82, 2.24) is 0 Å². The molecule has 0 amide bonds. The Morgan fingerprint density at radius 3 is 2.79 bits per heavy atom. The van der Waals surface area contributed by atoms with Crippen LogP contribution in [0.1, 0.15) is 78.6 Å². The second-order valence-corrected chi connectivity index (χ2v) is 9.99. The number of hydrogen-bond donors (Lipinski definition) is 2. The zero-order valence-corrected chi connectivity index (χ0v) is 18.0. The molecule has 3 N–H and O–H groups in total. The lowest BCUT2D eigenvalue weighted by Gasteiger charge is -2.58. The molecule has 3 fully saturated rings. The summed E-state index contributed by atoms with van der Waals surface area (Å²) in [6.07, 6.45) is 10.6. The maximum Gasteiger partial charge on any atom is 0.142 e. The number of ketones is 1. The van der Waals surface area contributed by atoms with Crippen molar-refractivity contribution in [2.24, 2.45) is 45.4 Å². The first kappa shape index (κ1) is 21.8. The monoisotopic (exact) mass is 392 g/mol. The highest BCUT2D eigenvalue weighted by Gasteiger charge is 2.57. The van der Waals surface area contributed by atoms with Gasteiger partial charge in [0.1, 0.15) is 12.4 Å². The van der Waals surface area contributed by atoms with Crippen LogP contribution in [0.2, 0.25) is 0 Å². The van der Waals surface area contributed by atoms with Crippen LogP contribution in [-0.4, -0.2) is 36.4 Å². The second kappa shape index (κ2) is 8.83. The predicted octanol–water partition coefficient (Wildman–Crippen LogP) is 3.93. The molecule has 0 saturated heterocycles. The minimum absolute atomic E-state index is 0.135. The molecule has 0 aromatic heterocycles. The van der Waals surface area contributed by atoms with Crippen LogP contribution >= 0.6 is 0 Å². The summed E-state index contributed by atoms with van der Waals surface area (Å²) in [7, 11) is 0. The third-order valence-corrected chi connectivity index (χ3v) is 8.68. The predicted molar refractivity (Wildman–Crippen MR) is 112 cm³/mol. The quantitative estimate of drug-likeness (QED) is 0.391. The molecule has 0 bridgehead atoms. The van der Waals surface area contributed by atoms with E-state index in [-0.39, 0.29) is 22.9 Å². The average molecular weight is 393 g/mol. The summed E-state index contributed by atoms with van der Waals surface area (Å²) in [4.78, 5) is 18.9. The van der Waals surface area contributed by atoms with Gasteiger partial charge < -0.3 is 15.7 Å². The Morgan fingerprint density at radius 2 is 2.07 bits per heavy atom. The molecule has 0 spiro atoms. The fourth-order valence-corrected chi connectivity index (χ4v) is 6.83. The van der Waals surface area contributed by atoms with Gasteiger partial charge in [0.2, 0.25) is 0 Å². The van der Waals surface area contributed by atoms with Crippen molar-refractivity contribution < 1.29 is 14.7 Å². The third kappa shape index (κ3) is 3.89. The lowest BCUT2D eigenvalue weighted by Crippen LogP contribution is -2.56. The van der Waals surface area contributed by atoms with Crippen LogP contribution < -0.4 is 5.73 Å². The molecule has 3 aliphatic rings. The van der Waals surface area contributed by atoms with Crippen molar-refractivity contribution in [3.8, 4) is 0 Å². The van der Waals surface area contributed by atoms with Gasteiger partial charge in [-0.2, -0.15) is 0 Å². The summed E-state index contributed by atoms with van der Waals surface area (Å²) < 4.78 is 0. The van der Waals surface area contributed by atoms with Gasteiger partial charge in [-0.05, 0) is 74.5 Å². The fourth-order valence-electron chi connectivity index (χ4n) is 6.83. The third-order valence-electron chi connectivity index (χ3n) is 8.68. The molecule has 5 heteroatoms. The first-order valence-electron chi connectivity index (χ1n) is 11.4. The topological polar surface area (TPSA) is 84.9 Å². The number of fused-ring (bicyclic) bond motifs is 3. The molecule has 0 radical (unpaired) electrons. The number of nitrogens with two attached hydrogens (primary N) is 1. The first-order chi connectivity index (χ1) is 13.4. The van der Waals surface area contributed by atoms with Gasteiger partial charge in [-0.3, -0.25) is 4.79 Å². The van der Waals surface area contributed by atoms with Crippen molar-refractivity contribution in [2.75, 3.05) is 13.2 Å². The molecular formula is C23H40N2O3. The minimum atomic E-state index is -0.257. The van der Waals surface area contributed by atoms with E-state index >= 15 is 0 Å². The molecule has 5 nitrogen and oxygen atoms in total. The molecule has 160 valence electrons. The minimum Gasteiger partial charge on any atom is -0.395 e. The van der Waals surface area contributed by atoms with E-state index in [1.165, 1.54) is 0 Å². The average Bonchev–Trinajstić information content (AvgIpc) is 2.68. The number of oxime groups is 1. The van der Waals surface area contributed by atoms with E-state index in [2.05, 4.69) is 25.9 Å². The first-order valence-corrected chi connectivity index (χ1v) is 11.4. The Hall–Kier alpha value is -0.940. The molecular weight excluding hydrogens is 352 g/mol. The van der Waals surface area contributed by atoms with Crippen molar-refractivity contribution >= 4 is 12.0 Å². The molecule has 3 rings (SSSR count). The Bertz CT molecular complexity index is 580. The number of nitrogens with zero attached hydrogens (tertiary/aromatic N) is 1. The van der Waals surface area contributed by atoms with Gasteiger partial charge in [0, 0.05) is 24.1 Å². The van der Waals surface area contributed by atoms with Gasteiger partial charge in [-0.15, -0.1) is 0 Å². The number of aliphatic hydroxyl groups is 1. The van der Waals surface area contributed by atoms with Crippen molar-refractivity contribution in [1.29, 1.82) is 0 Å². The highest BCUT2D eigenvalue weighted by atomic mass is 16.6. The molecule has 2 unspecified atom stereocenters. The van der Waals surface area contributed by atoms with Crippen LogP contribution in [0.15, 0.2) is 5.16 Å². The number of hydrogen-bond acceptors (Lipinski definition) is 5. The number of aliphatic hydroxyl groups excluding tert-OH is 1. The molecule has 7 atom stereocenters. The van der Waals surface area contributed by atoms with E-state index in [1.807, 2.05) is 6.21 Å². The number of rotatable bonds is 7. The molecule has 0 heterocycles. The van der Waals surface area contributed by atoms with Crippen LogP contribution in [-0.2, 0) is 9.63 Å². The van der Waals surface area contributed by atoms with E-state index in [0.717, 1.165) is 57.8 Å². The zero-order chi connectivity index (χ0) is 20.4. The van der Waals surface area contributed by atoms with Crippen molar-refractivity contribution in [3.63, 3.8) is 0 Å². The highest BCUT2D eigenvalue weighted by molar-refractivity contribution is 5.88. The molecule has 0 aromatic carbocycles. The summed E-state index contributed by atoms with van der Waals surface area (Å²) >= 11 is 0. The fraction of sp³-hybridized carbons (Fsp3) is 0.913. The molecule has 3 saturated carbocycles. The van der Waals surface area contributed by atoms with E-state index in [1.54, 1.807) is 0 Å². The van der Waals surface area contributed by atoms with Gasteiger partial charge in [0.05, 0.1) is 6.10 Å². The summed E-state index contributed by atoms with van der Waals surface area (Å²) in [5.41, 5.74) is 5.40. The van der Waals surface area contributed by atoms with E-state index in [0.29, 0.717) is 36.7 Å². The van der Waals surface area contributed by atoms with E-state index in [9.17, 15) is 9.90 Å². The standard InChI is InChI=1S/C23H40N2O3/c1-4-16(9-13-25-28-14-12-24)23(3)11-8-20-19(21(23)27)6-5-17-15-18(26)7-10-22(17,20)2/h13,16-20,26H,4-12,14-15,24H2,1-3H3/b25-13+/t16-,17+,18-,19?,20?,22-,23+/m0/s1. The van der Waals surface area contributed by atoms with Gasteiger partial charge in [0.15, 0.2) is 0 Å². The molecule has 0 aliphatic heterocycles. The Morgan fingerprint density at radius 1 is 1.29 bits per heavy atom. The smallest absolute Gasteiger partial charge is 0.142 e. The Kier molecular flexibility index (Phi) is 6.86. The van der Waals surface area contributed by atoms with Crippen LogP contribution in [0.25, 0.3) is 0 Å². The lowest BCUT2D eigenvalue weighted by atomic mass is 9.46. The van der Waals surface area contributed by atoms with E-state index < -0.39 is 0 Å². The van der Waals surface area contributed by atoms with Gasteiger partial charge in [-0.1, -0.05) is 32.3 Å². The summed E-state index contributed by atoms with van der Waals surface area (Å²) in [6, 6.07) is 0. The van der Waals surface area contributed by atoms with Crippen molar-refractivity contribution in [2.45, 2.75) is 84.7 Å². The molecule has 3 aliphatic carbocycles. The van der Waals surface area contributed by atoms with Gasteiger partial charge in [-0.25, -0.2) is 0 Å². The maximum absolute atomic E-state index is 13.8. The SMILES string of the molecule is CC[C@@H](C/C=N/OCCN)[C@@]1(C)CCC2C(CC[C@@H]3C[C@@H](O)CC[C@]23C)C1=O. The van der Waals surface area contributed by atoms with Crippen LogP contribution in [0.4, 0.5) is 0 Å². The highest BCUT2D eigenvalue weighted by Crippen LogP contribution is 2.61. The number of carbonyl (C=O) groups excluding carboxylic acids is 1. The van der Waals surface area contributed by atoms with E-state index in [4.69, 9.17) is 10.6 Å². The molecule has 28 heavy (non-hydrogen) atoms. The second-order valence-electron chi connectivity index (χ2n) is 9.99. The van der Waals surface area contributed by atoms with Gasteiger partial charge >= 0.3 is 0 Å². The van der Waals surface area contributed by atoms with Crippen LogP contribution in [0, 0.1) is 34.5 Å². The molecule has 0 aromatic rings. The summed E-state index contributed by atoms with van der Waals surface area (Å²) in [5.74, 6) is 2.10. The Labute approximate surface area is 170 Å². The van der Waals surface area contributed by atoms with Gasteiger partial charge in [0.25, 0.3) is 0 Å². The lowest BCUT2D eigenvalue weighted by molar-refractivity contribution is -0.157.